The first kappa shape index (κ1) is 20.1. The summed E-state index contributed by atoms with van der Waals surface area (Å²) in [7, 11) is 0. The van der Waals surface area contributed by atoms with Gasteiger partial charge < -0.3 is 11.1 Å². The molecule has 7 nitrogen and oxygen atoms in total. The van der Waals surface area contributed by atoms with E-state index in [2.05, 4.69) is 26.2 Å². The number of hydrogen-bond acceptors (Lipinski definition) is 5. The average molecular weight is 461 g/mol. The van der Waals surface area contributed by atoms with Gasteiger partial charge >= 0.3 is 0 Å². The number of benzene rings is 2. The highest BCUT2D eigenvalue weighted by Crippen LogP contribution is 2.26. The van der Waals surface area contributed by atoms with Crippen molar-refractivity contribution in [3.05, 3.63) is 63.6 Å². The zero-order valence-corrected chi connectivity index (χ0v) is 17.1. The second-order valence-electron chi connectivity index (χ2n) is 5.95. The van der Waals surface area contributed by atoms with E-state index in [1.165, 1.54) is 22.7 Å². The molecular formula is C19H17BrN4O3S. The van der Waals surface area contributed by atoms with E-state index in [4.69, 9.17) is 5.73 Å². The van der Waals surface area contributed by atoms with Gasteiger partial charge in [0.1, 0.15) is 0 Å². The molecule has 0 radical (unpaired) electrons. The molecule has 0 aliphatic rings. The molecule has 28 heavy (non-hydrogen) atoms. The first-order chi connectivity index (χ1) is 13.4. The van der Waals surface area contributed by atoms with Gasteiger partial charge in [0.05, 0.1) is 28.7 Å². The van der Waals surface area contributed by atoms with Crippen LogP contribution in [0.25, 0.3) is 10.9 Å². The third-order valence-corrected chi connectivity index (χ3v) is 5.49. The zero-order valence-electron chi connectivity index (χ0n) is 14.7. The Morgan fingerprint density at radius 1 is 1.21 bits per heavy atom. The molecule has 0 aliphatic heterocycles. The number of thioether (sulfide) groups is 1. The molecular weight excluding hydrogens is 444 g/mol. The fourth-order valence-corrected chi connectivity index (χ4v) is 3.68. The van der Waals surface area contributed by atoms with E-state index in [0.29, 0.717) is 16.6 Å². The van der Waals surface area contributed by atoms with Crippen LogP contribution in [0.2, 0.25) is 0 Å². The van der Waals surface area contributed by atoms with Crippen molar-refractivity contribution in [3.8, 4) is 0 Å². The molecule has 2 aromatic carbocycles. The maximum atomic E-state index is 12.6. The Morgan fingerprint density at radius 2 is 2.00 bits per heavy atom. The maximum absolute atomic E-state index is 12.6. The Morgan fingerprint density at radius 3 is 2.79 bits per heavy atom. The Hall–Kier alpha value is -2.65. The van der Waals surface area contributed by atoms with Crippen LogP contribution in [0.3, 0.4) is 0 Å². The number of nitrogens with one attached hydrogen (secondary N) is 1. The highest BCUT2D eigenvalue weighted by Gasteiger charge is 2.10. The van der Waals surface area contributed by atoms with Gasteiger partial charge in [0.2, 0.25) is 11.8 Å². The van der Waals surface area contributed by atoms with E-state index in [0.717, 1.165) is 9.37 Å². The SMILES string of the molecule is NC(=O)CSc1ccccc1NC(=O)CCn1cnc2ccc(Br)cc2c1=O. The van der Waals surface area contributed by atoms with Gasteiger partial charge in [-0.1, -0.05) is 28.1 Å². The smallest absolute Gasteiger partial charge is 0.261 e. The average Bonchev–Trinajstić information content (AvgIpc) is 2.67. The van der Waals surface area contributed by atoms with Crippen molar-refractivity contribution < 1.29 is 9.59 Å². The van der Waals surface area contributed by atoms with Crippen LogP contribution < -0.4 is 16.6 Å². The third-order valence-electron chi connectivity index (χ3n) is 3.90. The number of nitrogens with zero attached hydrogens (tertiary/aromatic N) is 2. The Labute approximate surface area is 173 Å². The summed E-state index contributed by atoms with van der Waals surface area (Å²) in [6.07, 6.45) is 1.55. The molecule has 0 saturated heterocycles. The van der Waals surface area contributed by atoms with Gasteiger partial charge in [-0.3, -0.25) is 19.0 Å². The van der Waals surface area contributed by atoms with Crippen LogP contribution in [0.15, 0.2) is 63.0 Å². The fourth-order valence-electron chi connectivity index (χ4n) is 2.57. The summed E-state index contributed by atoms with van der Waals surface area (Å²) < 4.78 is 2.21. The molecule has 0 fully saturated rings. The summed E-state index contributed by atoms with van der Waals surface area (Å²) in [6, 6.07) is 12.5. The van der Waals surface area contributed by atoms with Crippen molar-refractivity contribution in [2.75, 3.05) is 11.1 Å². The van der Waals surface area contributed by atoms with Crippen molar-refractivity contribution in [2.45, 2.75) is 17.9 Å². The zero-order chi connectivity index (χ0) is 20.1. The van der Waals surface area contributed by atoms with Gasteiger partial charge in [0.15, 0.2) is 0 Å². The van der Waals surface area contributed by atoms with Gasteiger partial charge in [-0.2, -0.15) is 0 Å². The van der Waals surface area contributed by atoms with Crippen LogP contribution in [0.4, 0.5) is 5.69 Å². The molecule has 0 spiro atoms. The van der Waals surface area contributed by atoms with Crippen LogP contribution in [0, 0.1) is 0 Å². The van der Waals surface area contributed by atoms with Crippen LogP contribution >= 0.6 is 27.7 Å². The molecule has 9 heteroatoms. The highest BCUT2D eigenvalue weighted by molar-refractivity contribution is 9.10. The quantitative estimate of drug-likeness (QED) is 0.527. The number of amides is 2. The first-order valence-corrected chi connectivity index (χ1v) is 10.2. The number of primary amides is 1. The molecule has 144 valence electrons. The minimum atomic E-state index is -0.430. The lowest BCUT2D eigenvalue weighted by Gasteiger charge is -2.11. The van der Waals surface area contributed by atoms with Crippen molar-refractivity contribution in [1.29, 1.82) is 0 Å². The summed E-state index contributed by atoms with van der Waals surface area (Å²) in [4.78, 5) is 40.9. The fraction of sp³-hybridized carbons (Fsp3) is 0.158. The van der Waals surface area contributed by atoms with E-state index in [-0.39, 0.29) is 30.2 Å². The number of aryl methyl sites for hydroxylation is 1. The van der Waals surface area contributed by atoms with Gasteiger partial charge in [-0.15, -0.1) is 11.8 Å². The van der Waals surface area contributed by atoms with Gasteiger partial charge in [-0.25, -0.2) is 4.98 Å². The number of hydrogen-bond donors (Lipinski definition) is 2. The van der Waals surface area contributed by atoms with Crippen LogP contribution in [-0.2, 0) is 16.1 Å². The van der Waals surface area contributed by atoms with Crippen LogP contribution in [0.1, 0.15) is 6.42 Å². The number of fused-ring (bicyclic) bond motifs is 1. The topological polar surface area (TPSA) is 107 Å². The van der Waals surface area contributed by atoms with Crippen LogP contribution in [-0.4, -0.2) is 27.1 Å². The van der Waals surface area contributed by atoms with E-state index < -0.39 is 5.91 Å². The minimum absolute atomic E-state index is 0.107. The summed E-state index contributed by atoms with van der Waals surface area (Å²) >= 11 is 4.61. The highest BCUT2D eigenvalue weighted by atomic mass is 79.9. The lowest BCUT2D eigenvalue weighted by molar-refractivity contribution is -0.116. The van der Waals surface area contributed by atoms with Crippen molar-refractivity contribution in [3.63, 3.8) is 0 Å². The van der Waals surface area contributed by atoms with Crippen molar-refractivity contribution >= 4 is 56.1 Å². The third kappa shape index (κ3) is 4.99. The minimum Gasteiger partial charge on any atom is -0.369 e. The molecule has 3 aromatic rings. The number of anilines is 1. The Kier molecular flexibility index (Phi) is 6.48. The Balaban J connectivity index is 1.68. The molecule has 1 aromatic heterocycles. The second kappa shape index (κ2) is 9.03. The number of para-hydroxylation sites is 1. The standard InChI is InChI=1S/C19H17BrN4O3S/c20-12-5-6-14-13(9-12)19(27)24(11-22-14)8-7-18(26)23-15-3-1-2-4-16(15)28-10-17(21)25/h1-6,9,11H,7-8,10H2,(H2,21,25)(H,23,26). The number of halogens is 1. The largest absolute Gasteiger partial charge is 0.369 e. The monoisotopic (exact) mass is 460 g/mol. The Bertz CT molecular complexity index is 1100. The predicted octanol–water partition coefficient (Wildman–Crippen LogP) is 2.77. The number of carbonyl (C=O) groups excluding carboxylic acids is 2. The summed E-state index contributed by atoms with van der Waals surface area (Å²) in [6.45, 7) is 0.205. The first-order valence-electron chi connectivity index (χ1n) is 8.39. The number of nitrogens with two attached hydrogens (primary N) is 1. The van der Waals surface area contributed by atoms with E-state index >= 15 is 0 Å². The number of rotatable bonds is 7. The number of aromatic nitrogens is 2. The molecule has 0 saturated carbocycles. The summed E-state index contributed by atoms with van der Waals surface area (Å²) in [5.74, 6) is -0.546. The second-order valence-corrected chi connectivity index (χ2v) is 7.89. The lowest BCUT2D eigenvalue weighted by Crippen LogP contribution is -2.23. The normalized spacial score (nSPS) is 10.8. The summed E-state index contributed by atoms with van der Waals surface area (Å²) in [5, 5.41) is 3.31. The van der Waals surface area contributed by atoms with Crippen LogP contribution in [0.5, 0.6) is 0 Å². The maximum Gasteiger partial charge on any atom is 0.261 e. The lowest BCUT2D eigenvalue weighted by atomic mass is 10.2. The van der Waals surface area contributed by atoms with Crippen molar-refractivity contribution in [1.82, 2.24) is 9.55 Å². The molecule has 3 rings (SSSR count). The summed E-state index contributed by atoms with van der Waals surface area (Å²) in [5.41, 5.74) is 6.19. The molecule has 1 heterocycles. The molecule has 2 amide bonds. The van der Waals surface area contributed by atoms with E-state index in [1.54, 1.807) is 30.3 Å². The predicted molar refractivity (Wildman–Crippen MR) is 113 cm³/mol. The van der Waals surface area contributed by atoms with Gasteiger partial charge in [0.25, 0.3) is 5.56 Å². The van der Waals surface area contributed by atoms with E-state index in [9.17, 15) is 14.4 Å². The molecule has 0 atom stereocenters. The molecule has 0 unspecified atom stereocenters. The van der Waals surface area contributed by atoms with E-state index in [1.807, 2.05) is 12.1 Å². The van der Waals surface area contributed by atoms with Gasteiger partial charge in [-0.05, 0) is 30.3 Å². The molecule has 0 bridgehead atoms. The number of carbonyl (C=O) groups is 2. The molecule has 0 aliphatic carbocycles. The van der Waals surface area contributed by atoms with Gasteiger partial charge in [0, 0.05) is 22.3 Å². The molecule has 3 N–H and O–H groups in total. The van der Waals surface area contributed by atoms with Crippen molar-refractivity contribution in [2.24, 2.45) is 5.73 Å².